The van der Waals surface area contributed by atoms with Crippen LogP contribution >= 0.6 is 0 Å². The van der Waals surface area contributed by atoms with E-state index in [1.54, 1.807) is 18.5 Å². The lowest BCUT2D eigenvalue weighted by Gasteiger charge is -2.25. The lowest BCUT2D eigenvalue weighted by Crippen LogP contribution is -2.41. The molecule has 0 spiro atoms. The molecule has 1 aromatic heterocycles. The van der Waals surface area contributed by atoms with E-state index in [4.69, 9.17) is 0 Å². The summed E-state index contributed by atoms with van der Waals surface area (Å²) >= 11 is 0. The summed E-state index contributed by atoms with van der Waals surface area (Å²) in [5, 5.41) is 7.89. The van der Waals surface area contributed by atoms with Crippen molar-refractivity contribution in [3.63, 3.8) is 0 Å². The van der Waals surface area contributed by atoms with Crippen LogP contribution < -0.4 is 10.6 Å². The van der Waals surface area contributed by atoms with Gasteiger partial charge >= 0.3 is 6.03 Å². The van der Waals surface area contributed by atoms with Gasteiger partial charge in [0.05, 0.1) is 5.69 Å². The number of aryl methyl sites for hydroxylation is 1. The third-order valence-corrected chi connectivity index (χ3v) is 4.66. The molecule has 5 heteroatoms. The predicted octanol–water partition coefficient (Wildman–Crippen LogP) is 4.05. The number of carbonyl (C=O) groups excluding carboxylic acids is 1. The molecule has 2 N–H and O–H groups in total. The van der Waals surface area contributed by atoms with Crippen LogP contribution in [0.5, 0.6) is 0 Å². The number of benzene rings is 2. The summed E-state index contributed by atoms with van der Waals surface area (Å²) in [6.07, 6.45) is 5.79. The predicted molar refractivity (Wildman–Crippen MR) is 96.1 cm³/mol. The zero-order valence-corrected chi connectivity index (χ0v) is 13.6. The Kier molecular flexibility index (Phi) is 4.06. The van der Waals surface area contributed by atoms with E-state index in [9.17, 15) is 9.18 Å². The number of nitrogens with one attached hydrogen (secondary N) is 2. The number of urea groups is 1. The van der Waals surface area contributed by atoms with E-state index in [2.05, 4.69) is 15.6 Å². The first-order chi connectivity index (χ1) is 12.2. The molecule has 0 saturated heterocycles. The molecule has 0 radical (unpaired) electrons. The van der Waals surface area contributed by atoms with Crippen molar-refractivity contribution < 1.29 is 9.18 Å². The molecule has 4 nitrogen and oxygen atoms in total. The zero-order valence-electron chi connectivity index (χ0n) is 13.6. The normalized spacial score (nSPS) is 16.3. The van der Waals surface area contributed by atoms with Crippen LogP contribution in [-0.4, -0.2) is 17.1 Å². The lowest BCUT2D eigenvalue weighted by molar-refractivity contribution is 0.247. The van der Waals surface area contributed by atoms with Crippen LogP contribution in [0.4, 0.5) is 14.9 Å². The number of rotatable bonds is 2. The molecule has 0 fully saturated rings. The Labute approximate surface area is 145 Å². The average molecular weight is 335 g/mol. The second-order valence-corrected chi connectivity index (χ2v) is 6.35. The van der Waals surface area contributed by atoms with E-state index < -0.39 is 0 Å². The van der Waals surface area contributed by atoms with Gasteiger partial charge in [-0.3, -0.25) is 4.98 Å². The molecule has 0 aliphatic heterocycles. The number of hydrogen-bond donors (Lipinski definition) is 2. The quantitative estimate of drug-likeness (QED) is 0.742. The number of nitrogens with zero attached hydrogens (tertiary/aromatic N) is 1. The highest BCUT2D eigenvalue weighted by Crippen LogP contribution is 2.24. The smallest absolute Gasteiger partial charge is 0.319 e. The molecular formula is C20H18FN3O. The molecule has 1 atom stereocenters. The van der Waals surface area contributed by atoms with Gasteiger partial charge in [0, 0.05) is 29.2 Å². The number of aromatic nitrogens is 1. The maximum Gasteiger partial charge on any atom is 0.319 e. The molecule has 0 bridgehead atoms. The molecule has 2 amide bonds. The van der Waals surface area contributed by atoms with E-state index >= 15 is 0 Å². The van der Waals surface area contributed by atoms with E-state index in [-0.39, 0.29) is 17.9 Å². The number of halogens is 1. The van der Waals surface area contributed by atoms with Crippen molar-refractivity contribution in [3.05, 3.63) is 71.8 Å². The summed E-state index contributed by atoms with van der Waals surface area (Å²) < 4.78 is 13.3. The standard InChI is InChI=1S/C20H18FN3O/c21-16-6-4-14-11-17(7-5-13(14)10-16)23-20(25)24-19-3-1-2-15-12-22-9-8-18(15)19/h1-4,6,8-10,12,17H,5,7,11H2,(H2,23,24,25). The van der Waals surface area contributed by atoms with Gasteiger partial charge in [-0.25, -0.2) is 9.18 Å². The zero-order chi connectivity index (χ0) is 17.2. The number of hydrogen-bond acceptors (Lipinski definition) is 2. The molecule has 1 aliphatic carbocycles. The minimum absolute atomic E-state index is 0.0506. The second kappa shape index (κ2) is 6.51. The molecule has 1 heterocycles. The van der Waals surface area contributed by atoms with E-state index in [0.29, 0.717) is 0 Å². The highest BCUT2D eigenvalue weighted by molar-refractivity contribution is 6.01. The maximum absolute atomic E-state index is 13.3. The number of fused-ring (bicyclic) bond motifs is 2. The van der Waals surface area contributed by atoms with Crippen LogP contribution in [0.1, 0.15) is 17.5 Å². The molecule has 4 rings (SSSR count). The Morgan fingerprint density at radius 1 is 1.16 bits per heavy atom. The van der Waals surface area contributed by atoms with Crippen molar-refractivity contribution in [1.82, 2.24) is 10.3 Å². The van der Waals surface area contributed by atoms with E-state index in [0.717, 1.165) is 46.8 Å². The first kappa shape index (κ1) is 15.6. The molecule has 3 aromatic rings. The SMILES string of the molecule is O=C(Nc1cccc2cnccc12)NC1CCc2cc(F)ccc2C1. The fraction of sp³-hybridized carbons (Fsp3) is 0.200. The third-order valence-electron chi connectivity index (χ3n) is 4.66. The molecule has 2 aromatic carbocycles. The van der Waals surface area contributed by atoms with Gasteiger partial charge in [-0.15, -0.1) is 0 Å². The Morgan fingerprint density at radius 3 is 3.00 bits per heavy atom. The fourth-order valence-corrected chi connectivity index (χ4v) is 3.42. The molecule has 126 valence electrons. The number of carbonyl (C=O) groups is 1. The second-order valence-electron chi connectivity index (χ2n) is 6.35. The molecular weight excluding hydrogens is 317 g/mol. The number of anilines is 1. The van der Waals surface area contributed by atoms with Crippen LogP contribution in [-0.2, 0) is 12.8 Å². The third kappa shape index (κ3) is 3.31. The van der Waals surface area contributed by atoms with Crippen LogP contribution in [0, 0.1) is 5.82 Å². The van der Waals surface area contributed by atoms with Crippen LogP contribution in [0.3, 0.4) is 0 Å². The maximum atomic E-state index is 13.3. The molecule has 1 aliphatic rings. The fourth-order valence-electron chi connectivity index (χ4n) is 3.42. The number of amides is 2. The minimum atomic E-state index is -0.222. The first-order valence-electron chi connectivity index (χ1n) is 8.36. The van der Waals surface area contributed by atoms with Crippen molar-refractivity contribution in [2.75, 3.05) is 5.32 Å². The van der Waals surface area contributed by atoms with Crippen LogP contribution in [0.2, 0.25) is 0 Å². The largest absolute Gasteiger partial charge is 0.335 e. The Bertz CT molecular complexity index is 936. The summed E-state index contributed by atoms with van der Waals surface area (Å²) in [5.41, 5.74) is 2.91. The Hall–Kier alpha value is -2.95. The first-order valence-corrected chi connectivity index (χ1v) is 8.36. The summed E-state index contributed by atoms with van der Waals surface area (Å²) in [6.45, 7) is 0. The van der Waals surface area contributed by atoms with Crippen LogP contribution in [0.25, 0.3) is 10.8 Å². The van der Waals surface area contributed by atoms with E-state index in [1.807, 2.05) is 30.3 Å². The topological polar surface area (TPSA) is 54.0 Å². The van der Waals surface area contributed by atoms with Gasteiger partial charge in [-0.2, -0.15) is 0 Å². The van der Waals surface area contributed by atoms with Crippen molar-refractivity contribution in [1.29, 1.82) is 0 Å². The van der Waals surface area contributed by atoms with Crippen molar-refractivity contribution in [3.8, 4) is 0 Å². The van der Waals surface area contributed by atoms with Gasteiger partial charge in [0.2, 0.25) is 0 Å². The van der Waals surface area contributed by atoms with Crippen molar-refractivity contribution in [2.24, 2.45) is 0 Å². The summed E-state index contributed by atoms with van der Waals surface area (Å²) in [5.74, 6) is -0.201. The Balaban J connectivity index is 1.45. The van der Waals surface area contributed by atoms with E-state index in [1.165, 1.54) is 6.07 Å². The monoisotopic (exact) mass is 335 g/mol. The lowest BCUT2D eigenvalue weighted by atomic mass is 9.88. The summed E-state index contributed by atoms with van der Waals surface area (Å²) in [4.78, 5) is 16.5. The van der Waals surface area contributed by atoms with Gasteiger partial charge in [0.25, 0.3) is 0 Å². The van der Waals surface area contributed by atoms with Crippen molar-refractivity contribution >= 4 is 22.5 Å². The van der Waals surface area contributed by atoms with Gasteiger partial charge in [-0.1, -0.05) is 18.2 Å². The van der Waals surface area contributed by atoms with Crippen molar-refractivity contribution in [2.45, 2.75) is 25.3 Å². The Morgan fingerprint density at radius 2 is 2.08 bits per heavy atom. The highest BCUT2D eigenvalue weighted by Gasteiger charge is 2.20. The van der Waals surface area contributed by atoms with Gasteiger partial charge < -0.3 is 10.6 Å². The minimum Gasteiger partial charge on any atom is -0.335 e. The molecule has 0 saturated carbocycles. The molecule has 1 unspecified atom stereocenters. The van der Waals surface area contributed by atoms with Crippen LogP contribution in [0.15, 0.2) is 54.9 Å². The summed E-state index contributed by atoms with van der Waals surface area (Å²) in [6, 6.07) is 12.3. The molecule has 25 heavy (non-hydrogen) atoms. The average Bonchev–Trinajstić information content (AvgIpc) is 2.62. The number of pyridine rings is 1. The van der Waals surface area contributed by atoms with Gasteiger partial charge in [-0.05, 0) is 54.7 Å². The summed E-state index contributed by atoms with van der Waals surface area (Å²) in [7, 11) is 0. The van der Waals surface area contributed by atoms with Gasteiger partial charge in [0.1, 0.15) is 5.82 Å². The highest BCUT2D eigenvalue weighted by atomic mass is 19.1. The van der Waals surface area contributed by atoms with Gasteiger partial charge in [0.15, 0.2) is 0 Å².